The van der Waals surface area contributed by atoms with Crippen molar-refractivity contribution in [1.82, 2.24) is 10.2 Å². The van der Waals surface area contributed by atoms with Crippen LogP contribution in [0.15, 0.2) is 42.5 Å². The first-order chi connectivity index (χ1) is 15.3. The van der Waals surface area contributed by atoms with Gasteiger partial charge in [0.1, 0.15) is 0 Å². The number of hydrogen-bond acceptors (Lipinski definition) is 6. The highest BCUT2D eigenvalue weighted by atomic mass is 16.2. The number of fused-ring (bicyclic) bond motifs is 1. The number of amides is 2. The minimum absolute atomic E-state index is 0.102. The maximum atomic E-state index is 13.6. The molecule has 2 aliphatic heterocycles. The van der Waals surface area contributed by atoms with Gasteiger partial charge >= 0.3 is 0 Å². The molecule has 0 atom stereocenters. The summed E-state index contributed by atoms with van der Waals surface area (Å²) in [5.74, 6) is -0.867. The van der Waals surface area contributed by atoms with Gasteiger partial charge in [-0.05, 0) is 70.2 Å². The summed E-state index contributed by atoms with van der Waals surface area (Å²) in [5.41, 5.74) is 10.0. The molecule has 7 heteroatoms. The van der Waals surface area contributed by atoms with Crippen molar-refractivity contribution < 1.29 is 14.4 Å². The fourth-order valence-electron chi connectivity index (χ4n) is 4.39. The second-order valence-electron chi connectivity index (χ2n) is 8.55. The highest BCUT2D eigenvalue weighted by molar-refractivity contribution is 6.43. The van der Waals surface area contributed by atoms with Crippen molar-refractivity contribution >= 4 is 40.2 Å². The Balaban J connectivity index is 1.92. The number of nitrogens with two attached hydrogens (primary N) is 1. The number of rotatable bonds is 4. The summed E-state index contributed by atoms with van der Waals surface area (Å²) in [7, 11) is 2.10. The first-order valence-corrected chi connectivity index (χ1v) is 10.8. The topological polar surface area (TPSA) is 95.7 Å². The minimum Gasteiger partial charge on any atom is -0.399 e. The number of piperidine rings is 1. The van der Waals surface area contributed by atoms with Crippen LogP contribution in [0.3, 0.4) is 0 Å². The number of hydrogen-bond donors (Lipinski definition) is 2. The number of Topliss-reactive ketones (excluding diaryl/α,β-unsaturated/α-hetero) is 1. The number of carbonyl (C=O) groups excluding carboxylic acids is 3. The molecule has 3 N–H and O–H groups in total. The molecule has 1 saturated heterocycles. The number of nitrogens with one attached hydrogen (secondary N) is 1. The summed E-state index contributed by atoms with van der Waals surface area (Å²) in [6, 6.07) is 12.6. The Hall–Kier alpha value is -3.45. The van der Waals surface area contributed by atoms with E-state index in [1.165, 1.54) is 18.7 Å². The molecule has 0 unspecified atom stereocenters. The Bertz CT molecular complexity index is 1130. The highest BCUT2D eigenvalue weighted by Gasteiger charge is 2.38. The molecule has 4 rings (SSSR count). The van der Waals surface area contributed by atoms with Crippen LogP contribution in [-0.4, -0.2) is 48.7 Å². The Morgan fingerprint density at radius 3 is 2.38 bits per heavy atom. The molecule has 2 heterocycles. The number of nitrogen functional groups attached to an aromatic ring is 1. The first-order valence-electron chi connectivity index (χ1n) is 10.8. The lowest BCUT2D eigenvalue weighted by Gasteiger charge is -2.31. The molecule has 2 aromatic rings. The van der Waals surface area contributed by atoms with Crippen LogP contribution in [0.25, 0.3) is 11.3 Å². The van der Waals surface area contributed by atoms with Gasteiger partial charge in [0.15, 0.2) is 5.78 Å². The van der Waals surface area contributed by atoms with Crippen LogP contribution >= 0.6 is 0 Å². The first kappa shape index (κ1) is 21.8. The van der Waals surface area contributed by atoms with Crippen molar-refractivity contribution in [1.29, 1.82) is 0 Å². The molecule has 166 valence electrons. The van der Waals surface area contributed by atoms with Gasteiger partial charge in [0.2, 0.25) is 5.91 Å². The molecule has 7 nitrogen and oxygen atoms in total. The Labute approximate surface area is 187 Å². The molecule has 0 saturated carbocycles. The summed E-state index contributed by atoms with van der Waals surface area (Å²) in [5, 5.41) is 3.60. The maximum absolute atomic E-state index is 13.6. The molecule has 2 aliphatic rings. The number of benzene rings is 2. The van der Waals surface area contributed by atoms with E-state index in [1.54, 1.807) is 24.3 Å². The molecule has 2 aromatic carbocycles. The quantitative estimate of drug-likeness (QED) is 0.438. The standard InChI is InChI=1S/C25H28N4O3/c1-15(30)17-7-8-22-21(14-17)23(25(32)29(22)16(2)31)24(18-5-4-6-19(26)13-18)27-20-9-11-28(3)12-10-20/h4-8,13-14,20,27H,9-12,26H2,1-3H3/b24-23-. The summed E-state index contributed by atoms with van der Waals surface area (Å²) < 4.78 is 0. The van der Waals surface area contributed by atoms with Crippen LogP contribution in [0.4, 0.5) is 11.4 Å². The van der Waals surface area contributed by atoms with E-state index < -0.39 is 5.91 Å². The molecule has 0 radical (unpaired) electrons. The van der Waals surface area contributed by atoms with E-state index in [4.69, 9.17) is 5.73 Å². The van der Waals surface area contributed by atoms with Crippen molar-refractivity contribution in [3.8, 4) is 0 Å². The van der Waals surface area contributed by atoms with Crippen molar-refractivity contribution in [2.24, 2.45) is 0 Å². The molecule has 1 fully saturated rings. The number of ketones is 1. The van der Waals surface area contributed by atoms with Crippen LogP contribution in [0.5, 0.6) is 0 Å². The van der Waals surface area contributed by atoms with Crippen molar-refractivity contribution in [2.45, 2.75) is 32.7 Å². The zero-order valence-electron chi connectivity index (χ0n) is 18.6. The van der Waals surface area contributed by atoms with E-state index >= 15 is 0 Å². The number of imide groups is 1. The fourth-order valence-corrected chi connectivity index (χ4v) is 4.39. The maximum Gasteiger partial charge on any atom is 0.267 e. The third kappa shape index (κ3) is 4.03. The van der Waals surface area contributed by atoms with Gasteiger partial charge < -0.3 is 16.0 Å². The molecular formula is C25H28N4O3. The Morgan fingerprint density at radius 1 is 1.03 bits per heavy atom. The number of carbonyl (C=O) groups is 3. The predicted octanol–water partition coefficient (Wildman–Crippen LogP) is 2.92. The van der Waals surface area contributed by atoms with Gasteiger partial charge in [-0.2, -0.15) is 0 Å². The van der Waals surface area contributed by atoms with Crippen LogP contribution < -0.4 is 16.0 Å². The van der Waals surface area contributed by atoms with Crippen molar-refractivity contribution in [3.05, 3.63) is 59.2 Å². The lowest BCUT2D eigenvalue weighted by molar-refractivity contribution is -0.122. The van der Waals surface area contributed by atoms with Gasteiger partial charge in [0.05, 0.1) is 17.0 Å². The van der Waals surface area contributed by atoms with Crippen LogP contribution in [0, 0.1) is 0 Å². The Kier molecular flexibility index (Phi) is 5.84. The fraction of sp³-hybridized carbons (Fsp3) is 0.320. The van der Waals surface area contributed by atoms with E-state index in [1.807, 2.05) is 18.2 Å². The van der Waals surface area contributed by atoms with Crippen LogP contribution in [0.1, 0.15) is 48.2 Å². The summed E-state index contributed by atoms with van der Waals surface area (Å²) >= 11 is 0. The largest absolute Gasteiger partial charge is 0.399 e. The van der Waals surface area contributed by atoms with Crippen molar-refractivity contribution in [2.75, 3.05) is 30.8 Å². The lowest BCUT2D eigenvalue weighted by atomic mass is 9.96. The van der Waals surface area contributed by atoms with Crippen molar-refractivity contribution in [3.63, 3.8) is 0 Å². The van der Waals surface area contributed by atoms with E-state index in [0.717, 1.165) is 31.5 Å². The average Bonchev–Trinajstić information content (AvgIpc) is 3.04. The summed E-state index contributed by atoms with van der Waals surface area (Å²) in [6.45, 7) is 4.76. The molecule has 0 spiro atoms. The third-order valence-corrected chi connectivity index (χ3v) is 6.14. The molecule has 32 heavy (non-hydrogen) atoms. The monoisotopic (exact) mass is 432 g/mol. The molecular weight excluding hydrogens is 404 g/mol. The molecule has 0 aromatic heterocycles. The normalized spacial score (nSPS) is 18.5. The SMILES string of the molecule is CC(=O)c1ccc2c(c1)/C(=C(/NC1CCN(C)CC1)c1cccc(N)c1)C(=O)N2C(C)=O. The highest BCUT2D eigenvalue weighted by Crippen LogP contribution is 2.41. The molecule has 0 aliphatic carbocycles. The van der Waals surface area contributed by atoms with E-state index in [2.05, 4.69) is 17.3 Å². The zero-order chi connectivity index (χ0) is 23.0. The van der Waals surface area contributed by atoms with E-state index in [0.29, 0.717) is 33.8 Å². The second-order valence-corrected chi connectivity index (χ2v) is 8.55. The van der Waals surface area contributed by atoms with Crippen LogP contribution in [0.2, 0.25) is 0 Å². The lowest BCUT2D eigenvalue weighted by Crippen LogP contribution is -2.40. The van der Waals surface area contributed by atoms with Gasteiger partial charge in [-0.3, -0.25) is 14.4 Å². The van der Waals surface area contributed by atoms with E-state index in [9.17, 15) is 14.4 Å². The molecule has 2 amide bonds. The van der Waals surface area contributed by atoms with Gasteiger partial charge in [0, 0.05) is 35.3 Å². The third-order valence-electron chi connectivity index (χ3n) is 6.14. The second kappa shape index (κ2) is 8.59. The van der Waals surface area contributed by atoms with Gasteiger partial charge in [-0.25, -0.2) is 4.90 Å². The number of anilines is 2. The van der Waals surface area contributed by atoms with Gasteiger partial charge in [0.25, 0.3) is 5.91 Å². The van der Waals surface area contributed by atoms with Gasteiger partial charge in [-0.1, -0.05) is 12.1 Å². The number of likely N-dealkylation sites (tertiary alicyclic amines) is 1. The van der Waals surface area contributed by atoms with Crippen LogP contribution in [-0.2, 0) is 9.59 Å². The smallest absolute Gasteiger partial charge is 0.267 e. The Morgan fingerprint density at radius 2 is 1.75 bits per heavy atom. The summed E-state index contributed by atoms with van der Waals surface area (Å²) in [6.07, 6.45) is 1.86. The predicted molar refractivity (Wildman–Crippen MR) is 126 cm³/mol. The number of nitrogens with zero attached hydrogens (tertiary/aromatic N) is 2. The van der Waals surface area contributed by atoms with E-state index in [-0.39, 0.29) is 17.7 Å². The van der Waals surface area contributed by atoms with Gasteiger partial charge in [-0.15, -0.1) is 0 Å². The summed E-state index contributed by atoms with van der Waals surface area (Å²) in [4.78, 5) is 41.5. The average molecular weight is 433 g/mol. The zero-order valence-corrected chi connectivity index (χ0v) is 18.6. The molecule has 0 bridgehead atoms. The minimum atomic E-state index is -0.397.